The first-order chi connectivity index (χ1) is 13.2. The van der Waals surface area contributed by atoms with Gasteiger partial charge in [0.05, 0.1) is 6.20 Å². The molecule has 3 fully saturated rings. The van der Waals surface area contributed by atoms with Crippen molar-refractivity contribution in [2.45, 2.75) is 38.5 Å². The summed E-state index contributed by atoms with van der Waals surface area (Å²) >= 11 is 0. The third kappa shape index (κ3) is 4.06. The van der Waals surface area contributed by atoms with Crippen LogP contribution in [0.1, 0.15) is 38.5 Å². The molecule has 146 valence electrons. The van der Waals surface area contributed by atoms with Gasteiger partial charge in [-0.15, -0.1) is 0 Å². The standard InChI is InChI=1S/C20H29N5O2/c26-19(16-3-1-2-4-16)24-11-13-25(14-12-24)20(27)17-5-9-23(10-6-17)18-15-21-7-8-22-18/h7-8,15-17H,1-6,9-14H2. The van der Waals surface area contributed by atoms with E-state index in [1.165, 1.54) is 12.8 Å². The van der Waals surface area contributed by atoms with E-state index in [-0.39, 0.29) is 17.7 Å². The number of rotatable bonds is 3. The Kier molecular flexibility index (Phi) is 5.55. The first-order valence-electron chi connectivity index (χ1n) is 10.3. The van der Waals surface area contributed by atoms with Gasteiger partial charge in [-0.25, -0.2) is 4.98 Å². The van der Waals surface area contributed by atoms with Crippen LogP contribution in [0.2, 0.25) is 0 Å². The zero-order valence-electron chi connectivity index (χ0n) is 15.9. The van der Waals surface area contributed by atoms with E-state index >= 15 is 0 Å². The molecule has 0 bridgehead atoms. The number of carbonyl (C=O) groups is 2. The van der Waals surface area contributed by atoms with E-state index in [2.05, 4.69) is 14.9 Å². The van der Waals surface area contributed by atoms with Gasteiger partial charge in [-0.3, -0.25) is 14.6 Å². The van der Waals surface area contributed by atoms with Crippen molar-refractivity contribution in [3.8, 4) is 0 Å². The number of nitrogens with zero attached hydrogens (tertiary/aromatic N) is 5. The minimum Gasteiger partial charge on any atom is -0.355 e. The first-order valence-corrected chi connectivity index (χ1v) is 10.3. The predicted molar refractivity (Wildman–Crippen MR) is 102 cm³/mol. The third-order valence-electron chi connectivity index (χ3n) is 6.33. The molecule has 1 aromatic rings. The van der Waals surface area contributed by atoms with E-state index in [4.69, 9.17) is 0 Å². The number of aromatic nitrogens is 2. The van der Waals surface area contributed by atoms with E-state index in [9.17, 15) is 9.59 Å². The number of carbonyl (C=O) groups excluding carboxylic acids is 2. The largest absolute Gasteiger partial charge is 0.355 e. The molecule has 0 N–H and O–H groups in total. The molecule has 2 saturated heterocycles. The lowest BCUT2D eigenvalue weighted by molar-refractivity contribution is -0.144. The maximum atomic E-state index is 12.9. The van der Waals surface area contributed by atoms with Gasteiger partial charge in [0.25, 0.3) is 0 Å². The van der Waals surface area contributed by atoms with Crippen LogP contribution < -0.4 is 4.90 Å². The molecule has 1 saturated carbocycles. The van der Waals surface area contributed by atoms with Crippen LogP contribution in [0.4, 0.5) is 5.82 Å². The Morgan fingerprint density at radius 2 is 1.33 bits per heavy atom. The second kappa shape index (κ2) is 8.23. The topological polar surface area (TPSA) is 69.6 Å². The molecule has 7 nitrogen and oxygen atoms in total. The molecule has 2 aliphatic heterocycles. The third-order valence-corrected chi connectivity index (χ3v) is 6.33. The zero-order valence-corrected chi connectivity index (χ0v) is 15.9. The van der Waals surface area contributed by atoms with Gasteiger partial charge in [-0.1, -0.05) is 12.8 Å². The van der Waals surface area contributed by atoms with Crippen LogP contribution in [-0.2, 0) is 9.59 Å². The second-order valence-corrected chi connectivity index (χ2v) is 7.96. The minimum absolute atomic E-state index is 0.0926. The Morgan fingerprint density at radius 1 is 0.778 bits per heavy atom. The van der Waals surface area contributed by atoms with E-state index < -0.39 is 0 Å². The van der Waals surface area contributed by atoms with Crippen molar-refractivity contribution in [3.05, 3.63) is 18.6 Å². The summed E-state index contributed by atoms with van der Waals surface area (Å²) in [5, 5.41) is 0. The van der Waals surface area contributed by atoms with Crippen LogP contribution in [0.5, 0.6) is 0 Å². The Morgan fingerprint density at radius 3 is 1.85 bits per heavy atom. The molecule has 4 rings (SSSR count). The molecule has 0 unspecified atom stereocenters. The maximum absolute atomic E-state index is 12.9. The highest BCUT2D eigenvalue weighted by molar-refractivity contribution is 5.81. The highest BCUT2D eigenvalue weighted by atomic mass is 16.2. The van der Waals surface area contributed by atoms with Crippen LogP contribution in [-0.4, -0.2) is 70.9 Å². The Bertz CT molecular complexity index is 646. The van der Waals surface area contributed by atoms with Crippen LogP contribution in [0.3, 0.4) is 0 Å². The molecular weight excluding hydrogens is 342 g/mol. The fourth-order valence-electron chi connectivity index (χ4n) is 4.65. The molecule has 0 aromatic carbocycles. The molecule has 0 atom stereocenters. The highest BCUT2D eigenvalue weighted by Crippen LogP contribution is 2.27. The van der Waals surface area contributed by atoms with E-state index in [1.54, 1.807) is 18.6 Å². The molecule has 1 aliphatic carbocycles. The van der Waals surface area contributed by atoms with Gasteiger partial charge in [-0.05, 0) is 25.7 Å². The quantitative estimate of drug-likeness (QED) is 0.806. The van der Waals surface area contributed by atoms with Crippen LogP contribution in [0.15, 0.2) is 18.6 Å². The molecule has 3 aliphatic rings. The zero-order chi connectivity index (χ0) is 18.6. The molecular formula is C20H29N5O2. The van der Waals surface area contributed by atoms with Crippen molar-refractivity contribution in [3.63, 3.8) is 0 Å². The number of piperidine rings is 1. The van der Waals surface area contributed by atoms with Gasteiger partial charge in [0.15, 0.2) is 0 Å². The van der Waals surface area contributed by atoms with Gasteiger partial charge in [0.2, 0.25) is 11.8 Å². The summed E-state index contributed by atoms with van der Waals surface area (Å²) in [7, 11) is 0. The monoisotopic (exact) mass is 371 g/mol. The second-order valence-electron chi connectivity index (χ2n) is 7.96. The SMILES string of the molecule is O=C(C1CCCC1)N1CCN(C(=O)C2CCN(c3cnccn3)CC2)CC1. The first kappa shape index (κ1) is 18.2. The lowest BCUT2D eigenvalue weighted by atomic mass is 9.95. The summed E-state index contributed by atoms with van der Waals surface area (Å²) in [6.07, 6.45) is 11.3. The summed E-state index contributed by atoms with van der Waals surface area (Å²) < 4.78 is 0. The Labute approximate surface area is 160 Å². The fourth-order valence-corrected chi connectivity index (χ4v) is 4.65. The summed E-state index contributed by atoms with van der Waals surface area (Å²) in [5.41, 5.74) is 0. The van der Waals surface area contributed by atoms with E-state index in [0.717, 1.165) is 44.6 Å². The number of amides is 2. The number of piperazine rings is 1. The van der Waals surface area contributed by atoms with Crippen molar-refractivity contribution in [2.24, 2.45) is 11.8 Å². The Hall–Kier alpha value is -2.18. The lowest BCUT2D eigenvalue weighted by Crippen LogP contribution is -2.53. The smallest absolute Gasteiger partial charge is 0.225 e. The predicted octanol–water partition coefficient (Wildman–Crippen LogP) is 1.55. The number of anilines is 1. The fraction of sp³-hybridized carbons (Fsp3) is 0.700. The van der Waals surface area contributed by atoms with Crippen molar-refractivity contribution < 1.29 is 9.59 Å². The lowest BCUT2D eigenvalue weighted by Gasteiger charge is -2.39. The number of hydrogen-bond acceptors (Lipinski definition) is 5. The molecule has 2 amide bonds. The van der Waals surface area contributed by atoms with E-state index in [0.29, 0.717) is 32.1 Å². The highest BCUT2D eigenvalue weighted by Gasteiger charge is 2.33. The molecule has 1 aromatic heterocycles. The van der Waals surface area contributed by atoms with Gasteiger partial charge < -0.3 is 14.7 Å². The van der Waals surface area contributed by atoms with Gasteiger partial charge in [-0.2, -0.15) is 0 Å². The summed E-state index contributed by atoms with van der Waals surface area (Å²) in [6.45, 7) is 4.44. The number of hydrogen-bond donors (Lipinski definition) is 0. The van der Waals surface area contributed by atoms with Crippen molar-refractivity contribution in [2.75, 3.05) is 44.2 Å². The summed E-state index contributed by atoms with van der Waals surface area (Å²) in [6, 6.07) is 0. The molecule has 0 radical (unpaired) electrons. The molecule has 3 heterocycles. The van der Waals surface area contributed by atoms with Crippen LogP contribution >= 0.6 is 0 Å². The van der Waals surface area contributed by atoms with Gasteiger partial charge in [0.1, 0.15) is 5.82 Å². The summed E-state index contributed by atoms with van der Waals surface area (Å²) in [5.74, 6) is 1.80. The Balaban J connectivity index is 1.24. The summed E-state index contributed by atoms with van der Waals surface area (Å²) in [4.78, 5) is 40.1. The maximum Gasteiger partial charge on any atom is 0.225 e. The van der Waals surface area contributed by atoms with Gasteiger partial charge >= 0.3 is 0 Å². The van der Waals surface area contributed by atoms with Crippen molar-refractivity contribution in [1.29, 1.82) is 0 Å². The molecule has 0 spiro atoms. The average molecular weight is 371 g/mol. The normalized spacial score (nSPS) is 22.3. The average Bonchev–Trinajstić information content (AvgIpc) is 3.28. The minimum atomic E-state index is 0.0926. The van der Waals surface area contributed by atoms with Crippen LogP contribution in [0, 0.1) is 11.8 Å². The molecule has 27 heavy (non-hydrogen) atoms. The van der Waals surface area contributed by atoms with Crippen molar-refractivity contribution in [1.82, 2.24) is 19.8 Å². The van der Waals surface area contributed by atoms with Crippen LogP contribution in [0.25, 0.3) is 0 Å². The van der Waals surface area contributed by atoms with Gasteiger partial charge in [0, 0.05) is 63.5 Å². The van der Waals surface area contributed by atoms with Crippen molar-refractivity contribution >= 4 is 17.6 Å². The molecule has 7 heteroatoms. The van der Waals surface area contributed by atoms with E-state index in [1.807, 2.05) is 9.80 Å².